The number of likely N-dealkylation sites (N-methyl/N-ethyl adjacent to an activating group) is 1. The molecule has 316 valence electrons. The summed E-state index contributed by atoms with van der Waals surface area (Å²) in [6.45, 7) is 2.13. The number of phenolic OH excluding ortho intramolecular Hbond substituents is 1. The number of Topliss-reactive ketones (excluding diaryl/α,β-unsaturated/α-hetero) is 4. The standard InChI is InChI=1S/C42H57N5O11/c1-6-7-9-47(40(55)58-20-57-39(54)41-17-21-11-22(18-41)13-23(12-21)19-41)10-8-44-27-16-28(45(2)3)25-14-24-15-26-32(46(4)5)35(50)31(38(43)53)37(52)42(26,56)36(51)29(24)34(49)30(25)33(27)48/h16,21-24,26,29,31-32,44,48,56H,6-15,17-20H2,1-5H3,(H2,43,53)/t21?,22?,23?,24-,26-,29?,31?,32-,41?,42-/m0/s1. The van der Waals surface area contributed by atoms with Crippen molar-refractivity contribution in [3.05, 3.63) is 17.2 Å². The second-order valence-electron chi connectivity index (χ2n) is 18.3. The lowest BCUT2D eigenvalue weighted by Crippen LogP contribution is -2.74. The number of nitrogens with one attached hydrogen (secondary N) is 1. The Morgan fingerprint density at radius 2 is 1.57 bits per heavy atom. The summed E-state index contributed by atoms with van der Waals surface area (Å²) in [5, 5.41) is 26.7. The van der Waals surface area contributed by atoms with Crippen molar-refractivity contribution in [2.45, 2.75) is 82.8 Å². The number of aliphatic hydroxyl groups is 1. The molecule has 4 bridgehead atoms. The largest absolute Gasteiger partial charge is 0.505 e. The van der Waals surface area contributed by atoms with Crippen molar-refractivity contribution in [1.82, 2.24) is 9.80 Å². The molecule has 0 radical (unpaired) electrons. The highest BCUT2D eigenvalue weighted by Gasteiger charge is 2.69. The highest BCUT2D eigenvalue weighted by Crippen LogP contribution is 2.60. The van der Waals surface area contributed by atoms with Crippen LogP contribution in [0.5, 0.6) is 5.75 Å². The molecular formula is C42H57N5O11. The van der Waals surface area contributed by atoms with Crippen molar-refractivity contribution in [3.8, 4) is 5.75 Å². The number of nitrogens with zero attached hydrogens (tertiary/aromatic N) is 3. The number of nitrogens with two attached hydrogens (primary N) is 1. The molecule has 0 spiro atoms. The van der Waals surface area contributed by atoms with Crippen LogP contribution in [0.1, 0.15) is 80.6 Å². The lowest BCUT2D eigenvalue weighted by atomic mass is 9.49. The summed E-state index contributed by atoms with van der Waals surface area (Å²) in [5.74, 6) is -9.86. The van der Waals surface area contributed by atoms with Gasteiger partial charge in [0.2, 0.25) is 12.7 Å². The molecule has 1 aromatic rings. The molecule has 6 atom stereocenters. The van der Waals surface area contributed by atoms with Crippen LogP contribution in [0, 0.1) is 46.8 Å². The first kappa shape index (κ1) is 41.6. The number of hydrogen-bond acceptors (Lipinski definition) is 14. The van der Waals surface area contributed by atoms with Gasteiger partial charge in [0.15, 0.2) is 34.7 Å². The van der Waals surface area contributed by atoms with E-state index in [9.17, 15) is 43.8 Å². The molecule has 0 aliphatic heterocycles. The van der Waals surface area contributed by atoms with E-state index in [-0.39, 0.29) is 43.2 Å². The summed E-state index contributed by atoms with van der Waals surface area (Å²) in [6, 6.07) is 0.486. The number of hydrogen-bond donors (Lipinski definition) is 4. The number of amides is 2. The van der Waals surface area contributed by atoms with Crippen LogP contribution in [0.2, 0.25) is 0 Å². The van der Waals surface area contributed by atoms with Crippen molar-refractivity contribution < 1.29 is 53.2 Å². The molecule has 16 nitrogen and oxygen atoms in total. The molecule has 7 aliphatic carbocycles. The number of anilines is 2. The zero-order valence-corrected chi connectivity index (χ0v) is 34.1. The molecule has 8 rings (SSSR count). The third-order valence-corrected chi connectivity index (χ3v) is 14.1. The Hall–Kier alpha value is -4.57. The smallest absolute Gasteiger partial charge is 0.412 e. The van der Waals surface area contributed by atoms with Gasteiger partial charge < -0.3 is 40.5 Å². The SMILES string of the molecule is CCCCN(CCNc1cc(N(C)C)c2c(c1O)C(=O)C1C(=O)[C@]3(O)C(=O)C(C(N)=O)C(=O)[C@@H](N(C)C)[C@@H]3C[C@@H]1C2)C(=O)OCOC(=O)C12CC3CC(CC(C3)C1)C2. The summed E-state index contributed by atoms with van der Waals surface area (Å²) in [6.07, 6.45) is 6.98. The van der Waals surface area contributed by atoms with E-state index in [1.807, 2.05) is 6.92 Å². The second-order valence-corrected chi connectivity index (χ2v) is 18.3. The number of phenols is 1. The minimum atomic E-state index is -2.82. The Labute approximate surface area is 338 Å². The number of fused-ring (bicyclic) bond motifs is 3. The van der Waals surface area contributed by atoms with Gasteiger partial charge in [0, 0.05) is 45.3 Å². The quantitative estimate of drug-likeness (QED) is 0.0972. The number of unbranched alkanes of at least 4 members (excludes halogenated alkanes) is 1. The van der Waals surface area contributed by atoms with Crippen LogP contribution in [0.3, 0.4) is 0 Å². The summed E-state index contributed by atoms with van der Waals surface area (Å²) in [5.41, 5.74) is 3.21. The molecule has 2 amide bonds. The first-order valence-electron chi connectivity index (χ1n) is 20.7. The van der Waals surface area contributed by atoms with Gasteiger partial charge in [-0.15, -0.1) is 0 Å². The molecule has 0 aromatic heterocycles. The van der Waals surface area contributed by atoms with E-state index < -0.39 is 88.4 Å². The lowest BCUT2D eigenvalue weighted by molar-refractivity contribution is -0.182. The Bertz CT molecular complexity index is 1880. The number of esters is 1. The minimum Gasteiger partial charge on any atom is -0.505 e. The predicted molar refractivity (Wildman–Crippen MR) is 209 cm³/mol. The fourth-order valence-electron chi connectivity index (χ4n) is 11.9. The molecule has 16 heteroatoms. The number of benzene rings is 1. The van der Waals surface area contributed by atoms with Crippen LogP contribution < -0.4 is 16.0 Å². The predicted octanol–water partition coefficient (Wildman–Crippen LogP) is 2.30. The first-order valence-corrected chi connectivity index (χ1v) is 20.7. The van der Waals surface area contributed by atoms with E-state index in [0.717, 1.165) is 25.7 Å². The third-order valence-electron chi connectivity index (χ3n) is 14.1. The molecule has 6 saturated carbocycles. The lowest BCUT2D eigenvalue weighted by Gasteiger charge is -2.55. The zero-order chi connectivity index (χ0) is 42.0. The number of ether oxygens (including phenoxy) is 2. The molecule has 6 fully saturated rings. The van der Waals surface area contributed by atoms with Crippen LogP contribution >= 0.6 is 0 Å². The number of aromatic hydroxyl groups is 1. The van der Waals surface area contributed by atoms with Gasteiger partial charge in [0.25, 0.3) is 0 Å². The average molecular weight is 808 g/mol. The maximum atomic E-state index is 14.4. The van der Waals surface area contributed by atoms with E-state index in [4.69, 9.17) is 15.2 Å². The molecule has 7 aliphatic rings. The van der Waals surface area contributed by atoms with Gasteiger partial charge >= 0.3 is 12.1 Å². The Morgan fingerprint density at radius 1 is 0.931 bits per heavy atom. The van der Waals surface area contributed by atoms with E-state index in [0.29, 0.717) is 42.0 Å². The third kappa shape index (κ3) is 6.83. The van der Waals surface area contributed by atoms with Gasteiger partial charge in [-0.05, 0) is 107 Å². The Balaban J connectivity index is 1.06. The van der Waals surface area contributed by atoms with Crippen molar-refractivity contribution in [2.75, 3.05) is 64.8 Å². The van der Waals surface area contributed by atoms with Crippen molar-refractivity contribution >= 4 is 52.5 Å². The summed E-state index contributed by atoms with van der Waals surface area (Å²) < 4.78 is 11.0. The summed E-state index contributed by atoms with van der Waals surface area (Å²) in [7, 11) is 6.61. The second kappa shape index (κ2) is 15.6. The Morgan fingerprint density at radius 3 is 2.14 bits per heavy atom. The van der Waals surface area contributed by atoms with Crippen molar-refractivity contribution in [3.63, 3.8) is 0 Å². The van der Waals surface area contributed by atoms with Crippen LogP contribution in [0.25, 0.3) is 0 Å². The zero-order valence-electron chi connectivity index (χ0n) is 34.1. The number of carbonyl (C=O) groups excluding carboxylic acids is 7. The van der Waals surface area contributed by atoms with E-state index in [2.05, 4.69) is 5.32 Å². The molecule has 0 saturated heterocycles. The maximum absolute atomic E-state index is 14.4. The van der Waals surface area contributed by atoms with Gasteiger partial charge in [-0.25, -0.2) is 4.79 Å². The van der Waals surface area contributed by atoms with Crippen LogP contribution in [0.4, 0.5) is 16.2 Å². The van der Waals surface area contributed by atoms with Crippen molar-refractivity contribution in [2.24, 2.45) is 52.6 Å². The molecule has 5 N–H and O–H groups in total. The molecule has 1 aromatic carbocycles. The van der Waals surface area contributed by atoms with Gasteiger partial charge in [-0.2, -0.15) is 0 Å². The monoisotopic (exact) mass is 807 g/mol. The van der Waals surface area contributed by atoms with Crippen molar-refractivity contribution in [1.29, 1.82) is 0 Å². The number of rotatable bonds is 13. The van der Waals surface area contributed by atoms with Gasteiger partial charge in [-0.1, -0.05) is 13.3 Å². The minimum absolute atomic E-state index is 0.0529. The van der Waals surface area contributed by atoms with E-state index in [1.54, 1.807) is 25.1 Å². The summed E-state index contributed by atoms with van der Waals surface area (Å²) in [4.78, 5) is 99.4. The number of primary amides is 1. The Kier molecular flexibility index (Phi) is 11.2. The number of ketones is 4. The molecule has 2 unspecified atom stereocenters. The van der Waals surface area contributed by atoms with Gasteiger partial charge in [-0.3, -0.25) is 33.7 Å². The first-order chi connectivity index (χ1) is 27.4. The fraction of sp³-hybridized carbons (Fsp3) is 0.690. The van der Waals surface area contributed by atoms with Gasteiger partial charge in [0.1, 0.15) is 5.75 Å². The number of carbonyl (C=O) groups is 7. The highest BCUT2D eigenvalue weighted by atomic mass is 16.7. The molecule has 58 heavy (non-hydrogen) atoms. The molecular weight excluding hydrogens is 750 g/mol. The van der Waals surface area contributed by atoms with E-state index >= 15 is 0 Å². The normalized spacial score (nSPS) is 33.3. The van der Waals surface area contributed by atoms with Crippen LogP contribution in [0.15, 0.2) is 6.07 Å². The fourth-order valence-corrected chi connectivity index (χ4v) is 11.9. The maximum Gasteiger partial charge on any atom is 0.412 e. The van der Waals surface area contributed by atoms with Gasteiger partial charge in [0.05, 0.1) is 28.6 Å². The van der Waals surface area contributed by atoms with Crippen LogP contribution in [-0.2, 0) is 39.9 Å². The average Bonchev–Trinajstić information content (AvgIpc) is 3.14. The molecule has 0 heterocycles. The topological polar surface area (TPSA) is 226 Å². The highest BCUT2D eigenvalue weighted by molar-refractivity contribution is 6.32. The van der Waals surface area contributed by atoms with Crippen LogP contribution in [-0.4, -0.2) is 127 Å². The summed E-state index contributed by atoms with van der Waals surface area (Å²) >= 11 is 0. The van der Waals surface area contributed by atoms with E-state index in [1.165, 1.54) is 43.2 Å².